The molecule has 4 nitrogen and oxygen atoms in total. The second kappa shape index (κ2) is 12.1. The van der Waals surface area contributed by atoms with E-state index in [-0.39, 0.29) is 0 Å². The molecule has 0 heterocycles. The van der Waals surface area contributed by atoms with Gasteiger partial charge in [-0.25, -0.2) is 0 Å². The summed E-state index contributed by atoms with van der Waals surface area (Å²) in [6.07, 6.45) is 4.24. The Labute approximate surface area is 109 Å². The van der Waals surface area contributed by atoms with Crippen molar-refractivity contribution in [1.29, 1.82) is 0 Å². The topological polar surface area (TPSA) is 78.3 Å². The van der Waals surface area contributed by atoms with Gasteiger partial charge in [-0.1, -0.05) is 12.1 Å². The number of ether oxygens (including phenoxy) is 1. The Kier molecular flexibility index (Phi) is 11.1. The van der Waals surface area contributed by atoms with E-state index in [0.29, 0.717) is 19.6 Å². The summed E-state index contributed by atoms with van der Waals surface area (Å²) < 4.78 is 5.54. The van der Waals surface area contributed by atoms with E-state index in [1.807, 2.05) is 18.2 Å². The van der Waals surface area contributed by atoms with E-state index in [4.69, 9.17) is 10.5 Å². The summed E-state index contributed by atoms with van der Waals surface area (Å²) in [5, 5.41) is 0. The van der Waals surface area contributed by atoms with E-state index in [1.165, 1.54) is 12.6 Å². The minimum absolute atomic E-state index is 0.562. The van der Waals surface area contributed by atoms with Gasteiger partial charge in [0.1, 0.15) is 12.0 Å². The van der Waals surface area contributed by atoms with Crippen LogP contribution in [-0.2, 0) is 11.2 Å². The third-order valence-corrected chi connectivity index (χ3v) is 2.30. The fourth-order valence-corrected chi connectivity index (χ4v) is 1.45. The molecule has 0 bridgehead atoms. The van der Waals surface area contributed by atoms with Crippen molar-refractivity contribution in [1.82, 2.24) is 0 Å². The van der Waals surface area contributed by atoms with E-state index in [9.17, 15) is 4.79 Å². The summed E-state index contributed by atoms with van der Waals surface area (Å²) in [5.74, 6) is 0.875. The summed E-state index contributed by atoms with van der Waals surface area (Å²) in [5.41, 5.74) is 11.2. The smallest absolute Gasteiger partial charge is 0.120 e. The maximum atomic E-state index is 10.1. The van der Waals surface area contributed by atoms with Gasteiger partial charge in [-0.05, 0) is 50.6 Å². The average molecular weight is 252 g/mol. The molecule has 0 aliphatic heterocycles. The van der Waals surface area contributed by atoms with Crippen LogP contribution in [0, 0.1) is 0 Å². The highest BCUT2D eigenvalue weighted by Gasteiger charge is 1.97. The van der Waals surface area contributed by atoms with Gasteiger partial charge in [0.15, 0.2) is 0 Å². The fourth-order valence-electron chi connectivity index (χ4n) is 1.45. The minimum atomic E-state index is 0.562. The van der Waals surface area contributed by atoms with Crippen molar-refractivity contribution in [3.05, 3.63) is 29.8 Å². The van der Waals surface area contributed by atoms with Crippen molar-refractivity contribution in [2.75, 3.05) is 20.2 Å². The fraction of sp³-hybridized carbons (Fsp3) is 0.500. The Bertz CT molecular complexity index is 316. The summed E-state index contributed by atoms with van der Waals surface area (Å²) in [6.45, 7) is 1.31. The van der Waals surface area contributed by atoms with Gasteiger partial charge in [0.05, 0.1) is 6.61 Å². The highest BCUT2D eigenvalue weighted by atomic mass is 16.5. The predicted molar refractivity (Wildman–Crippen MR) is 74.7 cm³/mol. The summed E-state index contributed by atoms with van der Waals surface area (Å²) in [6, 6.07) is 8.04. The number of rotatable bonds is 8. The Morgan fingerprint density at radius 3 is 2.72 bits per heavy atom. The van der Waals surface area contributed by atoms with Crippen LogP contribution in [0.1, 0.15) is 24.8 Å². The van der Waals surface area contributed by atoms with Crippen molar-refractivity contribution >= 4 is 6.29 Å². The number of unbranched alkanes of at least 4 members (excludes halogenated alkanes) is 1. The lowest BCUT2D eigenvalue weighted by Crippen LogP contribution is -2.01. The van der Waals surface area contributed by atoms with Crippen LogP contribution >= 0.6 is 0 Å². The van der Waals surface area contributed by atoms with Crippen LogP contribution in [0.15, 0.2) is 24.3 Å². The molecule has 0 unspecified atom stereocenters. The van der Waals surface area contributed by atoms with E-state index >= 15 is 0 Å². The lowest BCUT2D eigenvalue weighted by molar-refractivity contribution is -0.108. The van der Waals surface area contributed by atoms with Gasteiger partial charge >= 0.3 is 0 Å². The van der Waals surface area contributed by atoms with Crippen molar-refractivity contribution in [3.8, 4) is 5.75 Å². The van der Waals surface area contributed by atoms with E-state index in [2.05, 4.69) is 11.8 Å². The molecule has 1 rings (SSSR count). The quantitative estimate of drug-likeness (QED) is 0.543. The van der Waals surface area contributed by atoms with E-state index in [0.717, 1.165) is 31.3 Å². The van der Waals surface area contributed by atoms with Crippen molar-refractivity contribution < 1.29 is 9.53 Å². The molecule has 102 valence electrons. The Morgan fingerprint density at radius 2 is 2.06 bits per heavy atom. The summed E-state index contributed by atoms with van der Waals surface area (Å²) in [4.78, 5) is 10.1. The third kappa shape index (κ3) is 7.81. The minimum Gasteiger partial charge on any atom is -0.494 e. The molecule has 0 amide bonds. The van der Waals surface area contributed by atoms with E-state index in [1.54, 1.807) is 0 Å². The highest BCUT2D eigenvalue weighted by Crippen LogP contribution is 2.14. The van der Waals surface area contributed by atoms with Crippen molar-refractivity contribution in [2.24, 2.45) is 11.5 Å². The van der Waals surface area contributed by atoms with Gasteiger partial charge < -0.3 is 21.0 Å². The molecule has 0 atom stereocenters. The van der Waals surface area contributed by atoms with Gasteiger partial charge in [0.2, 0.25) is 0 Å². The molecule has 4 N–H and O–H groups in total. The molecule has 1 aromatic carbocycles. The third-order valence-electron chi connectivity index (χ3n) is 2.30. The number of benzene rings is 1. The molecule has 0 radical (unpaired) electrons. The molecular formula is C14H24N2O2. The summed E-state index contributed by atoms with van der Waals surface area (Å²) in [7, 11) is 1.50. The number of carbonyl (C=O) groups is 1. The van der Waals surface area contributed by atoms with Crippen LogP contribution in [-0.4, -0.2) is 26.5 Å². The predicted octanol–water partition coefficient (Wildman–Crippen LogP) is 1.51. The number of aldehydes is 1. The molecule has 4 heteroatoms. The zero-order chi connectivity index (χ0) is 13.6. The Balaban J connectivity index is 0.00000137. The molecule has 0 fully saturated rings. The van der Waals surface area contributed by atoms with E-state index < -0.39 is 0 Å². The zero-order valence-electron chi connectivity index (χ0n) is 11.1. The maximum Gasteiger partial charge on any atom is 0.120 e. The molecule has 1 aromatic rings. The molecule has 18 heavy (non-hydrogen) atoms. The standard InChI is InChI=1S/C13H19NO2.CH5N/c14-8-4-6-12-5-3-7-13(11-12)16-10-2-1-9-15;1-2/h3,5,7,9,11H,1-2,4,6,8,10,14H2;2H2,1H3. The SMILES string of the molecule is CN.NCCCc1cccc(OCCCC=O)c1. The van der Waals surface area contributed by atoms with Crippen LogP contribution in [0.2, 0.25) is 0 Å². The van der Waals surface area contributed by atoms with Crippen molar-refractivity contribution in [2.45, 2.75) is 25.7 Å². The molecule has 0 saturated heterocycles. The molecule has 0 aliphatic rings. The van der Waals surface area contributed by atoms with Crippen LogP contribution in [0.5, 0.6) is 5.75 Å². The first-order valence-corrected chi connectivity index (χ1v) is 6.30. The number of nitrogens with two attached hydrogens (primary N) is 2. The Hall–Kier alpha value is -1.39. The van der Waals surface area contributed by atoms with Gasteiger partial charge in [0, 0.05) is 6.42 Å². The monoisotopic (exact) mass is 252 g/mol. The normalized spacial score (nSPS) is 9.28. The number of carbonyl (C=O) groups excluding carboxylic acids is 1. The second-order valence-electron chi connectivity index (χ2n) is 3.70. The Morgan fingerprint density at radius 1 is 1.28 bits per heavy atom. The molecule has 0 aromatic heterocycles. The molecule has 0 saturated carbocycles. The first-order chi connectivity index (χ1) is 8.86. The lowest BCUT2D eigenvalue weighted by Gasteiger charge is -2.07. The number of hydrogen-bond acceptors (Lipinski definition) is 4. The lowest BCUT2D eigenvalue weighted by atomic mass is 10.1. The number of aryl methyl sites for hydroxylation is 1. The molecule has 0 spiro atoms. The molecular weight excluding hydrogens is 228 g/mol. The molecule has 0 aliphatic carbocycles. The van der Waals surface area contributed by atoms with Crippen LogP contribution in [0.4, 0.5) is 0 Å². The highest BCUT2D eigenvalue weighted by molar-refractivity contribution is 5.49. The van der Waals surface area contributed by atoms with Crippen LogP contribution in [0.3, 0.4) is 0 Å². The number of hydrogen-bond donors (Lipinski definition) is 2. The van der Waals surface area contributed by atoms with Crippen LogP contribution < -0.4 is 16.2 Å². The summed E-state index contributed by atoms with van der Waals surface area (Å²) >= 11 is 0. The first kappa shape index (κ1) is 16.6. The van der Waals surface area contributed by atoms with Crippen LogP contribution in [0.25, 0.3) is 0 Å². The van der Waals surface area contributed by atoms with Gasteiger partial charge in [0.25, 0.3) is 0 Å². The van der Waals surface area contributed by atoms with Gasteiger partial charge in [-0.15, -0.1) is 0 Å². The maximum absolute atomic E-state index is 10.1. The first-order valence-electron chi connectivity index (χ1n) is 6.30. The average Bonchev–Trinajstić information content (AvgIpc) is 2.44. The van der Waals surface area contributed by atoms with Gasteiger partial charge in [-0.2, -0.15) is 0 Å². The van der Waals surface area contributed by atoms with Gasteiger partial charge in [-0.3, -0.25) is 0 Å². The zero-order valence-corrected chi connectivity index (χ0v) is 11.1. The largest absolute Gasteiger partial charge is 0.494 e. The van der Waals surface area contributed by atoms with Crippen molar-refractivity contribution in [3.63, 3.8) is 0 Å². The second-order valence-corrected chi connectivity index (χ2v) is 3.70.